The summed E-state index contributed by atoms with van der Waals surface area (Å²) in [7, 11) is 0. The standard InChI is InChI=1S/C21H28O7/c1-10(22)26-9-14-16-17(25)19(28-12(3)24)21(16,6)15-8-20(4,5)7-13(15)18(14)27-11(2)23/h13,15,18-19H,7-9H2,1-6H3/t13-,15+,18+,19-,21-/m1/s1. The van der Waals surface area contributed by atoms with Crippen molar-refractivity contribution in [1.29, 1.82) is 0 Å². The molecule has 2 fully saturated rings. The molecule has 0 radical (unpaired) electrons. The molecule has 0 heterocycles. The highest BCUT2D eigenvalue weighted by Crippen LogP contribution is 2.66. The fourth-order valence-corrected chi connectivity index (χ4v) is 5.60. The van der Waals surface area contributed by atoms with Crippen LogP contribution >= 0.6 is 0 Å². The topological polar surface area (TPSA) is 96.0 Å². The van der Waals surface area contributed by atoms with Crippen LogP contribution in [0.2, 0.25) is 0 Å². The highest BCUT2D eigenvalue weighted by atomic mass is 16.6. The van der Waals surface area contributed by atoms with Gasteiger partial charge in [0.1, 0.15) is 12.7 Å². The summed E-state index contributed by atoms with van der Waals surface area (Å²) in [4.78, 5) is 47.8. The third-order valence-corrected chi connectivity index (χ3v) is 6.48. The number of hydrogen-bond acceptors (Lipinski definition) is 7. The van der Waals surface area contributed by atoms with Crippen LogP contribution < -0.4 is 0 Å². The van der Waals surface area contributed by atoms with Gasteiger partial charge in [0.25, 0.3) is 0 Å². The maximum Gasteiger partial charge on any atom is 0.303 e. The van der Waals surface area contributed by atoms with Gasteiger partial charge in [-0.25, -0.2) is 0 Å². The Morgan fingerprint density at radius 1 is 0.964 bits per heavy atom. The van der Waals surface area contributed by atoms with Crippen molar-refractivity contribution < 1.29 is 33.4 Å². The van der Waals surface area contributed by atoms with Crippen LogP contribution in [-0.2, 0) is 33.4 Å². The van der Waals surface area contributed by atoms with E-state index < -0.39 is 35.5 Å². The number of fused-ring (bicyclic) bond motifs is 3. The number of carbonyl (C=O) groups is 4. The Labute approximate surface area is 164 Å². The van der Waals surface area contributed by atoms with Gasteiger partial charge in [0.05, 0.1) is 0 Å². The van der Waals surface area contributed by atoms with Gasteiger partial charge in [-0.3, -0.25) is 19.2 Å². The number of ketones is 1. The van der Waals surface area contributed by atoms with Crippen LogP contribution in [0.15, 0.2) is 11.1 Å². The van der Waals surface area contributed by atoms with Gasteiger partial charge in [-0.1, -0.05) is 20.8 Å². The van der Waals surface area contributed by atoms with E-state index in [0.29, 0.717) is 11.1 Å². The molecule has 0 unspecified atom stereocenters. The zero-order valence-electron chi connectivity index (χ0n) is 17.3. The van der Waals surface area contributed by atoms with E-state index in [1.165, 1.54) is 20.8 Å². The predicted molar refractivity (Wildman–Crippen MR) is 97.9 cm³/mol. The van der Waals surface area contributed by atoms with Gasteiger partial charge in [0.2, 0.25) is 5.78 Å². The van der Waals surface area contributed by atoms with Crippen LogP contribution in [0.4, 0.5) is 0 Å². The van der Waals surface area contributed by atoms with Crippen LogP contribution in [0.3, 0.4) is 0 Å². The second-order valence-corrected chi connectivity index (χ2v) is 9.19. The maximum absolute atomic E-state index is 13.0. The monoisotopic (exact) mass is 392 g/mol. The number of Topliss-reactive ketones (excluding diaryl/α,β-unsaturated/α-hetero) is 1. The first-order valence-electron chi connectivity index (χ1n) is 9.64. The van der Waals surface area contributed by atoms with E-state index in [1.807, 2.05) is 6.92 Å². The van der Waals surface area contributed by atoms with Gasteiger partial charge >= 0.3 is 17.9 Å². The third-order valence-electron chi connectivity index (χ3n) is 6.48. The van der Waals surface area contributed by atoms with E-state index >= 15 is 0 Å². The highest BCUT2D eigenvalue weighted by Gasteiger charge is 2.69. The minimum atomic E-state index is -0.855. The molecular weight excluding hydrogens is 364 g/mol. The molecule has 3 aliphatic rings. The average Bonchev–Trinajstić information content (AvgIpc) is 2.89. The van der Waals surface area contributed by atoms with Crippen LogP contribution in [0.5, 0.6) is 0 Å². The smallest absolute Gasteiger partial charge is 0.303 e. The Kier molecular flexibility index (Phi) is 4.92. The molecule has 0 aliphatic heterocycles. The first-order valence-corrected chi connectivity index (χ1v) is 9.64. The molecule has 3 rings (SSSR count). The molecule has 0 aromatic carbocycles. The van der Waals surface area contributed by atoms with Crippen molar-refractivity contribution in [3.8, 4) is 0 Å². The summed E-state index contributed by atoms with van der Waals surface area (Å²) >= 11 is 0. The van der Waals surface area contributed by atoms with Gasteiger partial charge in [0, 0.05) is 43.3 Å². The summed E-state index contributed by atoms with van der Waals surface area (Å²) in [6.07, 6.45) is 0.144. The Morgan fingerprint density at radius 2 is 1.57 bits per heavy atom. The molecule has 0 N–H and O–H groups in total. The van der Waals surface area contributed by atoms with Crippen LogP contribution in [0, 0.1) is 22.7 Å². The van der Waals surface area contributed by atoms with Gasteiger partial charge < -0.3 is 14.2 Å². The summed E-state index contributed by atoms with van der Waals surface area (Å²) in [5.74, 6) is -1.74. The molecule has 28 heavy (non-hydrogen) atoms. The Morgan fingerprint density at radius 3 is 2.11 bits per heavy atom. The summed E-state index contributed by atoms with van der Waals surface area (Å²) in [5.41, 5.74) is 0.330. The quantitative estimate of drug-likeness (QED) is 0.535. The van der Waals surface area contributed by atoms with Gasteiger partial charge in [0.15, 0.2) is 6.10 Å². The SMILES string of the molecule is CC(=O)OCC1=C2C(=O)[C@@H](OC(C)=O)[C@]2(C)[C@H]2CC(C)(C)C[C@H]2[C@@H]1OC(C)=O. The third kappa shape index (κ3) is 3.14. The molecule has 0 spiro atoms. The van der Waals surface area contributed by atoms with Crippen molar-refractivity contribution in [3.05, 3.63) is 11.1 Å². The van der Waals surface area contributed by atoms with Crippen molar-refractivity contribution in [3.63, 3.8) is 0 Å². The largest absolute Gasteiger partial charge is 0.461 e. The molecule has 0 bridgehead atoms. The second kappa shape index (κ2) is 6.71. The number of esters is 3. The van der Waals surface area contributed by atoms with E-state index in [1.54, 1.807) is 0 Å². The van der Waals surface area contributed by atoms with Crippen molar-refractivity contribution in [1.82, 2.24) is 0 Å². The first kappa shape index (κ1) is 20.6. The van der Waals surface area contributed by atoms with Crippen molar-refractivity contribution in [2.45, 2.75) is 66.6 Å². The molecule has 3 aliphatic carbocycles. The fourth-order valence-electron chi connectivity index (χ4n) is 5.60. The zero-order chi connectivity index (χ0) is 21.0. The fraction of sp³-hybridized carbons (Fsp3) is 0.714. The van der Waals surface area contributed by atoms with Crippen LogP contribution in [0.25, 0.3) is 0 Å². The first-order chi connectivity index (χ1) is 12.9. The molecule has 0 amide bonds. The minimum absolute atomic E-state index is 0.0157. The lowest BCUT2D eigenvalue weighted by molar-refractivity contribution is -0.177. The Bertz CT molecular complexity index is 778. The van der Waals surface area contributed by atoms with E-state index in [9.17, 15) is 19.2 Å². The lowest BCUT2D eigenvalue weighted by Crippen LogP contribution is -2.65. The summed E-state index contributed by atoms with van der Waals surface area (Å²) in [6.45, 7) is 10.0. The van der Waals surface area contributed by atoms with Crippen LogP contribution in [0.1, 0.15) is 54.4 Å². The van der Waals surface area contributed by atoms with E-state index in [0.717, 1.165) is 12.8 Å². The normalized spacial score (nSPS) is 35.4. The van der Waals surface area contributed by atoms with E-state index in [2.05, 4.69) is 13.8 Å². The number of ether oxygens (including phenoxy) is 3. The number of carbonyl (C=O) groups excluding carboxylic acids is 4. The molecule has 7 nitrogen and oxygen atoms in total. The van der Waals surface area contributed by atoms with E-state index in [4.69, 9.17) is 14.2 Å². The zero-order valence-corrected chi connectivity index (χ0v) is 17.3. The van der Waals surface area contributed by atoms with Crippen LogP contribution in [-0.4, -0.2) is 42.5 Å². The van der Waals surface area contributed by atoms with Gasteiger partial charge in [-0.15, -0.1) is 0 Å². The molecule has 154 valence electrons. The Balaban J connectivity index is 2.12. The average molecular weight is 392 g/mol. The summed E-state index contributed by atoms with van der Waals surface area (Å²) in [5, 5.41) is 0. The lowest BCUT2D eigenvalue weighted by Gasteiger charge is -2.57. The summed E-state index contributed by atoms with van der Waals surface area (Å²) in [6, 6.07) is 0. The van der Waals surface area contributed by atoms with Gasteiger partial charge in [-0.2, -0.15) is 0 Å². The van der Waals surface area contributed by atoms with E-state index in [-0.39, 0.29) is 29.6 Å². The van der Waals surface area contributed by atoms with Gasteiger partial charge in [-0.05, 0) is 24.2 Å². The molecule has 0 aromatic rings. The number of rotatable bonds is 4. The maximum atomic E-state index is 13.0. The molecular formula is C21H28O7. The molecule has 7 heteroatoms. The van der Waals surface area contributed by atoms with Crippen molar-refractivity contribution >= 4 is 23.7 Å². The minimum Gasteiger partial charge on any atom is -0.461 e. The molecule has 5 atom stereocenters. The van der Waals surface area contributed by atoms with Crippen molar-refractivity contribution in [2.75, 3.05) is 6.61 Å². The predicted octanol–water partition coefficient (Wildman–Crippen LogP) is 2.36. The summed E-state index contributed by atoms with van der Waals surface area (Å²) < 4.78 is 16.3. The lowest BCUT2D eigenvalue weighted by atomic mass is 9.48. The Hall–Kier alpha value is -2.18. The molecule has 0 saturated heterocycles. The number of hydrogen-bond donors (Lipinski definition) is 0. The molecule has 0 aromatic heterocycles. The van der Waals surface area contributed by atoms with Crippen molar-refractivity contribution in [2.24, 2.45) is 22.7 Å². The second-order valence-electron chi connectivity index (χ2n) is 9.19. The highest BCUT2D eigenvalue weighted by molar-refractivity contribution is 6.10. The molecule has 2 saturated carbocycles.